The number of nitrogens with zero attached hydrogens (tertiary/aromatic N) is 1. The molecule has 0 saturated carbocycles. The molecule has 1 fully saturated rings. The number of thiophene rings is 1. The molecule has 37 heavy (non-hydrogen) atoms. The SMILES string of the molecule is O=C(Nc1ccc(S(=O)(=O)Nc2cccc3ccccc23)cc1)[C@@H]1CCCN(S(=O)(=O)c2cccs2)C1. The normalized spacial score (nSPS) is 16.9. The lowest BCUT2D eigenvalue weighted by atomic mass is 9.99. The quantitative estimate of drug-likeness (QED) is 0.342. The Hall–Kier alpha value is -3.25. The van der Waals surface area contributed by atoms with Crippen LogP contribution >= 0.6 is 11.3 Å². The molecule has 4 aromatic rings. The summed E-state index contributed by atoms with van der Waals surface area (Å²) >= 11 is 1.16. The Morgan fingerprint density at radius 3 is 2.41 bits per heavy atom. The number of sulfonamides is 2. The van der Waals surface area contributed by atoms with Gasteiger partial charge in [-0.2, -0.15) is 4.31 Å². The van der Waals surface area contributed by atoms with Crippen molar-refractivity contribution in [1.82, 2.24) is 4.31 Å². The van der Waals surface area contributed by atoms with Gasteiger partial charge in [-0.1, -0.05) is 42.5 Å². The first kappa shape index (κ1) is 25.4. The van der Waals surface area contributed by atoms with Crippen LogP contribution in [-0.2, 0) is 24.8 Å². The minimum Gasteiger partial charge on any atom is -0.326 e. The number of hydrogen-bond donors (Lipinski definition) is 2. The summed E-state index contributed by atoms with van der Waals surface area (Å²) in [6.07, 6.45) is 1.16. The van der Waals surface area contributed by atoms with Gasteiger partial charge in [0.15, 0.2) is 0 Å². The van der Waals surface area contributed by atoms with Crippen LogP contribution in [0, 0.1) is 5.92 Å². The van der Waals surface area contributed by atoms with Crippen molar-refractivity contribution in [2.75, 3.05) is 23.1 Å². The zero-order chi connectivity index (χ0) is 26.0. The molecule has 1 saturated heterocycles. The second kappa shape index (κ2) is 10.3. The molecule has 0 bridgehead atoms. The molecule has 0 radical (unpaired) electrons. The predicted molar refractivity (Wildman–Crippen MR) is 146 cm³/mol. The third-order valence-electron chi connectivity index (χ3n) is 6.31. The number of rotatable bonds is 7. The molecule has 8 nitrogen and oxygen atoms in total. The molecule has 1 aliphatic heterocycles. The Balaban J connectivity index is 1.26. The van der Waals surface area contributed by atoms with Gasteiger partial charge < -0.3 is 5.32 Å². The Bertz CT molecular complexity index is 1630. The van der Waals surface area contributed by atoms with Crippen molar-refractivity contribution in [1.29, 1.82) is 0 Å². The van der Waals surface area contributed by atoms with E-state index in [4.69, 9.17) is 0 Å². The topological polar surface area (TPSA) is 113 Å². The number of carbonyl (C=O) groups excluding carboxylic acids is 1. The van der Waals surface area contributed by atoms with Gasteiger partial charge in [-0.25, -0.2) is 16.8 Å². The highest BCUT2D eigenvalue weighted by atomic mass is 32.2. The van der Waals surface area contributed by atoms with E-state index in [1.807, 2.05) is 30.3 Å². The fourth-order valence-electron chi connectivity index (χ4n) is 4.39. The standard InChI is InChI=1S/C26H25N3O5S3/c30-26(20-8-4-16-29(18-20)37(33,34)25-11-5-17-35-25)27-21-12-14-22(15-13-21)36(31,32)28-24-10-3-7-19-6-1-2-9-23(19)24/h1-3,5-7,9-15,17,20,28H,4,8,16,18H2,(H,27,30)/t20-/m1/s1. The number of benzene rings is 3. The van der Waals surface area contributed by atoms with Crippen LogP contribution in [0.25, 0.3) is 10.8 Å². The minimum absolute atomic E-state index is 0.0596. The maximum Gasteiger partial charge on any atom is 0.261 e. The van der Waals surface area contributed by atoms with Crippen molar-refractivity contribution in [2.45, 2.75) is 21.9 Å². The van der Waals surface area contributed by atoms with E-state index in [0.717, 1.165) is 22.1 Å². The summed E-state index contributed by atoms with van der Waals surface area (Å²) in [5, 5.41) is 6.22. The minimum atomic E-state index is -3.85. The first-order chi connectivity index (χ1) is 17.7. The van der Waals surface area contributed by atoms with Gasteiger partial charge in [-0.3, -0.25) is 9.52 Å². The summed E-state index contributed by atoms with van der Waals surface area (Å²) in [6.45, 7) is 0.480. The predicted octanol–water partition coefficient (Wildman–Crippen LogP) is 4.74. The molecule has 192 valence electrons. The highest BCUT2D eigenvalue weighted by Crippen LogP contribution is 2.28. The summed E-state index contributed by atoms with van der Waals surface area (Å²) < 4.78 is 56.0. The van der Waals surface area contributed by atoms with E-state index >= 15 is 0 Å². The highest BCUT2D eigenvalue weighted by molar-refractivity contribution is 7.92. The summed E-state index contributed by atoms with van der Waals surface area (Å²) in [6, 6.07) is 22.1. The van der Waals surface area contributed by atoms with E-state index in [1.165, 1.54) is 28.6 Å². The van der Waals surface area contributed by atoms with Crippen LogP contribution in [0.5, 0.6) is 0 Å². The zero-order valence-corrected chi connectivity index (χ0v) is 22.2. The maximum atomic E-state index is 13.0. The fraction of sp³-hybridized carbons (Fsp3) is 0.192. The third-order valence-corrected chi connectivity index (χ3v) is 10.9. The number of nitrogens with one attached hydrogen (secondary N) is 2. The van der Waals surface area contributed by atoms with Crippen molar-refractivity contribution in [3.63, 3.8) is 0 Å². The molecule has 3 aromatic carbocycles. The lowest BCUT2D eigenvalue weighted by Gasteiger charge is -2.30. The van der Waals surface area contributed by atoms with Gasteiger partial charge in [-0.15, -0.1) is 11.3 Å². The van der Waals surface area contributed by atoms with E-state index in [1.54, 1.807) is 29.6 Å². The van der Waals surface area contributed by atoms with Crippen molar-refractivity contribution in [2.24, 2.45) is 5.92 Å². The average Bonchev–Trinajstić information content (AvgIpc) is 3.45. The summed E-state index contributed by atoms with van der Waals surface area (Å²) in [5.74, 6) is -0.796. The van der Waals surface area contributed by atoms with Gasteiger partial charge in [-0.05, 0) is 60.0 Å². The number of carbonyl (C=O) groups is 1. The Kier molecular flexibility index (Phi) is 7.04. The largest absolute Gasteiger partial charge is 0.326 e. The molecular weight excluding hydrogens is 531 g/mol. The van der Waals surface area contributed by atoms with Gasteiger partial charge in [0.05, 0.1) is 16.5 Å². The second-order valence-electron chi connectivity index (χ2n) is 8.78. The van der Waals surface area contributed by atoms with Crippen molar-refractivity contribution in [3.05, 3.63) is 84.2 Å². The average molecular weight is 556 g/mol. The molecule has 0 spiro atoms. The Morgan fingerprint density at radius 1 is 0.892 bits per heavy atom. The summed E-state index contributed by atoms with van der Waals surface area (Å²) in [5.41, 5.74) is 0.919. The number of anilines is 2. The monoisotopic (exact) mass is 555 g/mol. The molecule has 1 aromatic heterocycles. The van der Waals surface area contributed by atoms with Crippen LogP contribution in [0.2, 0.25) is 0 Å². The van der Waals surface area contributed by atoms with E-state index in [0.29, 0.717) is 30.8 Å². The van der Waals surface area contributed by atoms with Gasteiger partial charge >= 0.3 is 0 Å². The van der Waals surface area contributed by atoms with Crippen LogP contribution in [0.1, 0.15) is 12.8 Å². The van der Waals surface area contributed by atoms with E-state index in [9.17, 15) is 21.6 Å². The molecule has 1 aliphatic rings. The zero-order valence-electron chi connectivity index (χ0n) is 19.7. The first-order valence-corrected chi connectivity index (χ1v) is 15.5. The number of hydrogen-bond acceptors (Lipinski definition) is 6. The van der Waals surface area contributed by atoms with Gasteiger partial charge in [0.25, 0.3) is 20.0 Å². The maximum absolute atomic E-state index is 13.0. The molecule has 1 amide bonds. The lowest BCUT2D eigenvalue weighted by Crippen LogP contribution is -2.43. The molecular formula is C26H25N3O5S3. The summed E-state index contributed by atoms with van der Waals surface area (Å²) in [7, 11) is -7.47. The molecule has 2 N–H and O–H groups in total. The first-order valence-electron chi connectivity index (χ1n) is 11.7. The van der Waals surface area contributed by atoms with Gasteiger partial charge in [0, 0.05) is 24.2 Å². The van der Waals surface area contributed by atoms with Crippen LogP contribution < -0.4 is 10.0 Å². The third kappa shape index (κ3) is 5.40. The Labute approximate surface area is 220 Å². The smallest absolute Gasteiger partial charge is 0.261 e. The molecule has 0 unspecified atom stereocenters. The molecule has 5 rings (SSSR count). The lowest BCUT2D eigenvalue weighted by molar-refractivity contribution is -0.120. The number of amides is 1. The number of piperidine rings is 1. The van der Waals surface area contributed by atoms with E-state index < -0.39 is 26.0 Å². The van der Waals surface area contributed by atoms with Crippen LogP contribution in [-0.4, -0.2) is 40.1 Å². The molecule has 1 atom stereocenters. The summed E-state index contributed by atoms with van der Waals surface area (Å²) in [4.78, 5) is 13.0. The van der Waals surface area contributed by atoms with Gasteiger partial charge in [0.1, 0.15) is 4.21 Å². The van der Waals surface area contributed by atoms with Crippen molar-refractivity contribution in [3.8, 4) is 0 Å². The van der Waals surface area contributed by atoms with E-state index in [-0.39, 0.29) is 21.6 Å². The Morgan fingerprint density at radius 2 is 1.65 bits per heavy atom. The molecule has 2 heterocycles. The fourth-order valence-corrected chi connectivity index (χ4v) is 8.14. The molecule has 0 aliphatic carbocycles. The number of fused-ring (bicyclic) bond motifs is 1. The second-order valence-corrected chi connectivity index (χ2v) is 13.6. The van der Waals surface area contributed by atoms with Crippen molar-refractivity contribution >= 4 is 59.4 Å². The highest BCUT2D eigenvalue weighted by Gasteiger charge is 2.33. The van der Waals surface area contributed by atoms with Crippen LogP contribution in [0.4, 0.5) is 11.4 Å². The van der Waals surface area contributed by atoms with Crippen LogP contribution in [0.3, 0.4) is 0 Å². The van der Waals surface area contributed by atoms with Crippen LogP contribution in [0.15, 0.2) is 93.3 Å². The molecule has 11 heteroatoms. The van der Waals surface area contributed by atoms with E-state index in [2.05, 4.69) is 10.0 Å². The van der Waals surface area contributed by atoms with Crippen molar-refractivity contribution < 1.29 is 21.6 Å². The van der Waals surface area contributed by atoms with Gasteiger partial charge in [0.2, 0.25) is 5.91 Å².